The number of halogens is 1. The summed E-state index contributed by atoms with van der Waals surface area (Å²) >= 11 is 6.26. The Morgan fingerprint density at radius 2 is 2.35 bits per heavy atom. The fourth-order valence-corrected chi connectivity index (χ4v) is 2.97. The van der Waals surface area contributed by atoms with E-state index in [1.165, 1.54) is 12.1 Å². The number of hydrogen-bond acceptors (Lipinski definition) is 4. The highest BCUT2D eigenvalue weighted by molar-refractivity contribution is 6.33. The lowest BCUT2D eigenvalue weighted by molar-refractivity contribution is -0.384. The van der Waals surface area contributed by atoms with Gasteiger partial charge in [-0.1, -0.05) is 18.5 Å². The van der Waals surface area contributed by atoms with Crippen LogP contribution in [0.4, 0.5) is 11.4 Å². The zero-order valence-electron chi connectivity index (χ0n) is 11.6. The van der Waals surface area contributed by atoms with Crippen LogP contribution in [0.3, 0.4) is 0 Å². The van der Waals surface area contributed by atoms with Gasteiger partial charge in [0, 0.05) is 31.3 Å². The van der Waals surface area contributed by atoms with E-state index in [0.717, 1.165) is 44.6 Å². The van der Waals surface area contributed by atoms with Gasteiger partial charge in [0.2, 0.25) is 0 Å². The van der Waals surface area contributed by atoms with Crippen LogP contribution in [-0.4, -0.2) is 30.6 Å². The summed E-state index contributed by atoms with van der Waals surface area (Å²) in [6.07, 6.45) is 3.29. The molecule has 2 rings (SSSR count). The Hall–Kier alpha value is -1.33. The summed E-state index contributed by atoms with van der Waals surface area (Å²) in [7, 11) is 0. The third-order valence-corrected chi connectivity index (χ3v) is 3.93. The summed E-state index contributed by atoms with van der Waals surface area (Å²) in [6.45, 7) is 5.03. The average Bonchev–Trinajstić information content (AvgIpc) is 2.46. The van der Waals surface area contributed by atoms with Crippen LogP contribution in [0.5, 0.6) is 0 Å². The lowest BCUT2D eigenvalue weighted by Crippen LogP contribution is -2.46. The van der Waals surface area contributed by atoms with Crippen molar-refractivity contribution in [1.82, 2.24) is 5.32 Å². The Morgan fingerprint density at radius 3 is 2.90 bits per heavy atom. The van der Waals surface area contributed by atoms with Gasteiger partial charge >= 0.3 is 0 Å². The normalized spacial score (nSPS) is 18.8. The molecule has 0 aromatic heterocycles. The number of piperidine rings is 1. The van der Waals surface area contributed by atoms with Gasteiger partial charge in [-0.15, -0.1) is 0 Å². The third-order valence-electron chi connectivity index (χ3n) is 3.63. The molecule has 1 atom stereocenters. The van der Waals surface area contributed by atoms with Crippen LogP contribution >= 0.6 is 11.6 Å². The van der Waals surface area contributed by atoms with Crippen molar-refractivity contribution in [2.75, 3.05) is 24.5 Å². The largest absolute Gasteiger partial charge is 0.366 e. The van der Waals surface area contributed by atoms with Gasteiger partial charge in [-0.3, -0.25) is 10.1 Å². The lowest BCUT2D eigenvalue weighted by atomic mass is 10.0. The highest BCUT2D eigenvalue weighted by atomic mass is 35.5. The monoisotopic (exact) mass is 297 g/mol. The van der Waals surface area contributed by atoms with Gasteiger partial charge in [0.05, 0.1) is 15.6 Å². The molecule has 0 aliphatic carbocycles. The first-order chi connectivity index (χ1) is 9.63. The number of nitrogens with zero attached hydrogens (tertiary/aromatic N) is 2. The summed E-state index contributed by atoms with van der Waals surface area (Å²) < 4.78 is 0. The maximum Gasteiger partial charge on any atom is 0.271 e. The van der Waals surface area contributed by atoms with Gasteiger partial charge in [-0.25, -0.2) is 0 Å². The number of anilines is 1. The summed E-state index contributed by atoms with van der Waals surface area (Å²) in [5.74, 6) is 0. The van der Waals surface area contributed by atoms with E-state index in [0.29, 0.717) is 11.1 Å². The molecule has 1 fully saturated rings. The van der Waals surface area contributed by atoms with Gasteiger partial charge in [0.15, 0.2) is 0 Å². The minimum Gasteiger partial charge on any atom is -0.366 e. The Bertz CT molecular complexity index is 475. The van der Waals surface area contributed by atoms with E-state index >= 15 is 0 Å². The Kier molecular flexibility index (Phi) is 5.20. The molecule has 1 aliphatic heterocycles. The maximum absolute atomic E-state index is 10.8. The number of benzene rings is 1. The second-order valence-electron chi connectivity index (χ2n) is 5.09. The topological polar surface area (TPSA) is 58.4 Å². The molecule has 1 heterocycles. The second kappa shape index (κ2) is 6.90. The van der Waals surface area contributed by atoms with E-state index in [2.05, 4.69) is 17.1 Å². The quantitative estimate of drug-likeness (QED) is 0.670. The number of nitro groups is 1. The van der Waals surface area contributed by atoms with E-state index in [1.807, 2.05) is 0 Å². The minimum atomic E-state index is -0.415. The molecule has 1 aromatic carbocycles. The van der Waals surface area contributed by atoms with Crippen LogP contribution < -0.4 is 10.2 Å². The average molecular weight is 298 g/mol. The molecule has 0 bridgehead atoms. The number of rotatable bonds is 5. The number of nitro benzene ring substituents is 1. The van der Waals surface area contributed by atoms with E-state index in [9.17, 15) is 10.1 Å². The SMILES string of the molecule is CCCN(c1ccc([N+](=O)[O-])cc1Cl)C1CCCNC1. The molecule has 1 aromatic rings. The molecule has 6 heteroatoms. The minimum absolute atomic E-state index is 0.0389. The molecule has 1 N–H and O–H groups in total. The highest BCUT2D eigenvalue weighted by Gasteiger charge is 2.23. The van der Waals surface area contributed by atoms with Gasteiger partial charge in [0.1, 0.15) is 0 Å². The molecule has 0 spiro atoms. The van der Waals surface area contributed by atoms with Crippen LogP contribution in [0.1, 0.15) is 26.2 Å². The second-order valence-corrected chi connectivity index (χ2v) is 5.49. The summed E-state index contributed by atoms with van der Waals surface area (Å²) in [4.78, 5) is 12.6. The van der Waals surface area contributed by atoms with Gasteiger partial charge in [0.25, 0.3) is 5.69 Å². The van der Waals surface area contributed by atoms with E-state index < -0.39 is 4.92 Å². The molecule has 0 amide bonds. The van der Waals surface area contributed by atoms with Crippen molar-refractivity contribution in [2.24, 2.45) is 0 Å². The third kappa shape index (κ3) is 3.41. The fraction of sp³-hybridized carbons (Fsp3) is 0.571. The van der Waals surface area contributed by atoms with Crippen LogP contribution in [0.2, 0.25) is 5.02 Å². The number of nitrogens with one attached hydrogen (secondary N) is 1. The first-order valence-corrected chi connectivity index (χ1v) is 7.42. The van der Waals surface area contributed by atoms with Crippen LogP contribution in [0.15, 0.2) is 18.2 Å². The van der Waals surface area contributed by atoms with Crippen LogP contribution in [0.25, 0.3) is 0 Å². The molecule has 1 unspecified atom stereocenters. The van der Waals surface area contributed by atoms with Crippen molar-refractivity contribution >= 4 is 23.0 Å². The smallest absolute Gasteiger partial charge is 0.271 e. The van der Waals surface area contributed by atoms with Crippen LogP contribution in [0, 0.1) is 10.1 Å². The Balaban J connectivity index is 2.26. The van der Waals surface area contributed by atoms with Crippen LogP contribution in [-0.2, 0) is 0 Å². The first kappa shape index (κ1) is 15.1. The molecule has 1 aliphatic rings. The van der Waals surface area contributed by atoms with Crippen molar-refractivity contribution in [1.29, 1.82) is 0 Å². The lowest BCUT2D eigenvalue weighted by Gasteiger charge is -2.36. The Labute approximate surface area is 124 Å². The van der Waals surface area contributed by atoms with Crippen molar-refractivity contribution in [3.8, 4) is 0 Å². The Morgan fingerprint density at radius 1 is 1.55 bits per heavy atom. The standard InChI is InChI=1S/C14H20ClN3O2/c1-2-8-17(12-4-3-7-16-10-12)14-6-5-11(18(19)20)9-13(14)15/h5-6,9,12,16H,2-4,7-8,10H2,1H3. The number of hydrogen-bond donors (Lipinski definition) is 1. The van der Waals surface area contributed by atoms with Crippen molar-refractivity contribution in [2.45, 2.75) is 32.2 Å². The zero-order chi connectivity index (χ0) is 14.5. The van der Waals surface area contributed by atoms with E-state index in [4.69, 9.17) is 11.6 Å². The molecule has 110 valence electrons. The zero-order valence-corrected chi connectivity index (χ0v) is 12.4. The van der Waals surface area contributed by atoms with Gasteiger partial charge in [-0.05, 0) is 31.9 Å². The maximum atomic E-state index is 10.8. The molecule has 5 nitrogen and oxygen atoms in total. The van der Waals surface area contributed by atoms with Gasteiger partial charge < -0.3 is 10.2 Å². The molecule has 0 radical (unpaired) electrons. The summed E-state index contributed by atoms with van der Waals surface area (Å²) in [5, 5.41) is 14.6. The molecular formula is C14H20ClN3O2. The predicted molar refractivity (Wildman–Crippen MR) is 81.6 cm³/mol. The summed E-state index contributed by atoms with van der Waals surface area (Å²) in [5.41, 5.74) is 0.935. The summed E-state index contributed by atoms with van der Waals surface area (Å²) in [6, 6.07) is 5.14. The molecule has 1 saturated heterocycles. The molecular weight excluding hydrogens is 278 g/mol. The van der Waals surface area contributed by atoms with E-state index in [-0.39, 0.29) is 5.69 Å². The van der Waals surface area contributed by atoms with E-state index in [1.54, 1.807) is 6.07 Å². The molecule has 20 heavy (non-hydrogen) atoms. The predicted octanol–water partition coefficient (Wildman–Crippen LogP) is 3.22. The van der Waals surface area contributed by atoms with Crippen molar-refractivity contribution in [3.05, 3.63) is 33.3 Å². The van der Waals surface area contributed by atoms with Gasteiger partial charge in [-0.2, -0.15) is 0 Å². The fourth-order valence-electron chi connectivity index (χ4n) is 2.68. The van der Waals surface area contributed by atoms with Crippen molar-refractivity contribution in [3.63, 3.8) is 0 Å². The van der Waals surface area contributed by atoms with Crippen molar-refractivity contribution < 1.29 is 4.92 Å². The number of non-ortho nitro benzene ring substituents is 1. The first-order valence-electron chi connectivity index (χ1n) is 7.04. The highest BCUT2D eigenvalue weighted by Crippen LogP contribution is 2.32. The molecule has 0 saturated carbocycles.